The molecule has 3 aromatic rings. The Kier molecular flexibility index (Phi) is 4.07. The van der Waals surface area contributed by atoms with Crippen molar-refractivity contribution in [3.8, 4) is 0 Å². The zero-order valence-corrected chi connectivity index (χ0v) is 14.9. The second kappa shape index (κ2) is 6.23. The van der Waals surface area contributed by atoms with Crippen LogP contribution < -0.4 is 0 Å². The zero-order chi connectivity index (χ0) is 16.7. The van der Waals surface area contributed by atoms with E-state index in [-0.39, 0.29) is 0 Å². The summed E-state index contributed by atoms with van der Waals surface area (Å²) in [6.45, 7) is 4.35. The van der Waals surface area contributed by atoms with Crippen molar-refractivity contribution < 1.29 is 0 Å². The number of hydrogen-bond acceptors (Lipinski definition) is 2. The predicted octanol–water partition coefficient (Wildman–Crippen LogP) is 4.48. The number of aryl methyl sites for hydroxylation is 2. The standard InChI is InChI=1S/C20H22ClN3/c1-14-19-16-4-3-5-17(21)20(16)24(18(19)9-12-23(14)2)13-8-15-6-10-22-11-7-15/h3-7,10-11,14H,8-9,12-13H2,1-2H3. The Bertz CT molecular complexity index is 869. The first-order valence-electron chi connectivity index (χ1n) is 8.55. The minimum absolute atomic E-state index is 0.428. The van der Waals surface area contributed by atoms with Gasteiger partial charge in [-0.2, -0.15) is 0 Å². The first kappa shape index (κ1) is 15.7. The molecule has 1 aliphatic heterocycles. The molecule has 0 fully saturated rings. The molecule has 4 rings (SSSR count). The maximum absolute atomic E-state index is 6.60. The van der Waals surface area contributed by atoms with Gasteiger partial charge in [0.15, 0.2) is 0 Å². The van der Waals surface area contributed by atoms with Crippen LogP contribution in [0.5, 0.6) is 0 Å². The van der Waals surface area contributed by atoms with Crippen molar-refractivity contribution in [1.29, 1.82) is 0 Å². The summed E-state index contributed by atoms with van der Waals surface area (Å²) in [5.41, 5.74) is 5.42. The van der Waals surface area contributed by atoms with Crippen LogP contribution in [0.2, 0.25) is 5.02 Å². The number of likely N-dealkylation sites (N-methyl/N-ethyl adjacent to an activating group) is 1. The number of fused-ring (bicyclic) bond motifs is 3. The van der Waals surface area contributed by atoms with E-state index in [2.05, 4.69) is 52.7 Å². The molecule has 3 nitrogen and oxygen atoms in total. The van der Waals surface area contributed by atoms with Crippen molar-refractivity contribution >= 4 is 22.5 Å². The van der Waals surface area contributed by atoms with E-state index in [4.69, 9.17) is 11.6 Å². The van der Waals surface area contributed by atoms with Crippen LogP contribution in [0.15, 0.2) is 42.7 Å². The highest BCUT2D eigenvalue weighted by Gasteiger charge is 2.28. The molecular formula is C20H22ClN3. The fourth-order valence-electron chi connectivity index (χ4n) is 3.91. The van der Waals surface area contributed by atoms with Gasteiger partial charge >= 0.3 is 0 Å². The van der Waals surface area contributed by atoms with Crippen molar-refractivity contribution in [2.24, 2.45) is 0 Å². The number of nitrogens with zero attached hydrogens (tertiary/aromatic N) is 3. The quantitative estimate of drug-likeness (QED) is 0.701. The lowest BCUT2D eigenvalue weighted by molar-refractivity contribution is 0.245. The molecule has 3 heterocycles. The SMILES string of the molecule is CC1c2c(n(CCc3ccncc3)c3c(Cl)cccc23)CCN1C. The van der Waals surface area contributed by atoms with Crippen LogP contribution in [0.3, 0.4) is 0 Å². The fraction of sp³-hybridized carbons (Fsp3) is 0.350. The molecule has 0 bridgehead atoms. The average Bonchev–Trinajstić information content (AvgIpc) is 2.93. The molecule has 0 aliphatic carbocycles. The maximum atomic E-state index is 6.60. The van der Waals surface area contributed by atoms with E-state index in [9.17, 15) is 0 Å². The summed E-state index contributed by atoms with van der Waals surface area (Å²) in [7, 11) is 2.21. The van der Waals surface area contributed by atoms with Crippen LogP contribution in [0, 0.1) is 0 Å². The Balaban J connectivity index is 1.82. The largest absolute Gasteiger partial charge is 0.343 e. The first-order valence-corrected chi connectivity index (χ1v) is 8.93. The van der Waals surface area contributed by atoms with Crippen molar-refractivity contribution in [3.63, 3.8) is 0 Å². The van der Waals surface area contributed by atoms with Crippen molar-refractivity contribution in [3.05, 3.63) is 64.6 Å². The van der Waals surface area contributed by atoms with Crippen LogP contribution in [-0.2, 0) is 19.4 Å². The minimum atomic E-state index is 0.428. The maximum Gasteiger partial charge on any atom is 0.0675 e. The minimum Gasteiger partial charge on any atom is -0.343 e. The van der Waals surface area contributed by atoms with E-state index in [1.807, 2.05) is 18.5 Å². The van der Waals surface area contributed by atoms with Gasteiger partial charge in [0.2, 0.25) is 0 Å². The molecule has 0 saturated carbocycles. The normalized spacial score (nSPS) is 18.0. The van der Waals surface area contributed by atoms with Crippen LogP contribution in [0.4, 0.5) is 0 Å². The summed E-state index contributed by atoms with van der Waals surface area (Å²) in [5.74, 6) is 0. The van der Waals surface area contributed by atoms with Gasteiger partial charge in [0.05, 0.1) is 10.5 Å². The van der Waals surface area contributed by atoms with Crippen LogP contribution in [-0.4, -0.2) is 28.0 Å². The number of aromatic nitrogens is 2. The summed E-state index contributed by atoms with van der Waals surface area (Å²) >= 11 is 6.60. The molecule has 0 amide bonds. The van der Waals surface area contributed by atoms with Gasteiger partial charge in [0.25, 0.3) is 0 Å². The number of benzene rings is 1. The summed E-state index contributed by atoms with van der Waals surface area (Å²) < 4.78 is 2.46. The summed E-state index contributed by atoms with van der Waals surface area (Å²) in [6, 6.07) is 10.9. The van der Waals surface area contributed by atoms with Crippen LogP contribution >= 0.6 is 11.6 Å². The smallest absolute Gasteiger partial charge is 0.0675 e. The van der Waals surface area contributed by atoms with Crippen LogP contribution in [0.25, 0.3) is 10.9 Å². The number of para-hydroxylation sites is 1. The predicted molar refractivity (Wildman–Crippen MR) is 99.6 cm³/mol. The molecule has 1 atom stereocenters. The molecule has 0 radical (unpaired) electrons. The monoisotopic (exact) mass is 339 g/mol. The Morgan fingerprint density at radius 1 is 1.21 bits per heavy atom. The van der Waals surface area contributed by atoms with E-state index in [0.717, 1.165) is 31.0 Å². The molecule has 1 unspecified atom stereocenters. The Morgan fingerprint density at radius 2 is 2.00 bits per heavy atom. The van der Waals surface area contributed by atoms with Gasteiger partial charge in [-0.25, -0.2) is 0 Å². The number of pyridine rings is 1. The fourth-order valence-corrected chi connectivity index (χ4v) is 4.19. The number of halogens is 1. The molecule has 0 N–H and O–H groups in total. The Labute approximate surface area is 147 Å². The third-order valence-electron chi connectivity index (χ3n) is 5.34. The summed E-state index contributed by atoms with van der Waals surface area (Å²) in [4.78, 5) is 6.54. The van der Waals surface area contributed by atoms with Crippen molar-refractivity contribution in [1.82, 2.24) is 14.5 Å². The molecule has 4 heteroatoms. The third-order valence-corrected chi connectivity index (χ3v) is 5.64. The van der Waals surface area contributed by atoms with Gasteiger partial charge < -0.3 is 4.57 Å². The van der Waals surface area contributed by atoms with Gasteiger partial charge in [-0.15, -0.1) is 0 Å². The molecule has 2 aromatic heterocycles. The molecular weight excluding hydrogens is 318 g/mol. The van der Waals surface area contributed by atoms with Gasteiger partial charge in [0.1, 0.15) is 0 Å². The molecule has 0 saturated heterocycles. The lowest BCUT2D eigenvalue weighted by Crippen LogP contribution is -2.31. The van der Waals surface area contributed by atoms with E-state index in [1.54, 1.807) is 0 Å². The van der Waals surface area contributed by atoms with Crippen molar-refractivity contribution in [2.75, 3.05) is 13.6 Å². The van der Waals surface area contributed by atoms with Crippen LogP contribution in [0.1, 0.15) is 29.8 Å². The van der Waals surface area contributed by atoms with E-state index >= 15 is 0 Å². The first-order chi connectivity index (χ1) is 11.7. The second-order valence-electron chi connectivity index (χ2n) is 6.66. The lowest BCUT2D eigenvalue weighted by Gasteiger charge is -2.31. The highest BCUT2D eigenvalue weighted by molar-refractivity contribution is 6.35. The second-order valence-corrected chi connectivity index (χ2v) is 7.07. The number of hydrogen-bond donors (Lipinski definition) is 0. The van der Waals surface area contributed by atoms with E-state index in [1.165, 1.54) is 27.7 Å². The molecule has 1 aromatic carbocycles. The molecule has 124 valence electrons. The Hall–Kier alpha value is -1.84. The van der Waals surface area contributed by atoms with E-state index < -0.39 is 0 Å². The number of rotatable bonds is 3. The highest BCUT2D eigenvalue weighted by Crippen LogP contribution is 2.39. The summed E-state index contributed by atoms with van der Waals surface area (Å²) in [5, 5.41) is 2.16. The lowest BCUT2D eigenvalue weighted by atomic mass is 9.97. The average molecular weight is 340 g/mol. The third kappa shape index (κ3) is 2.52. The van der Waals surface area contributed by atoms with Gasteiger partial charge in [-0.05, 0) is 49.7 Å². The topological polar surface area (TPSA) is 21.1 Å². The summed E-state index contributed by atoms with van der Waals surface area (Å²) in [6.07, 6.45) is 5.80. The van der Waals surface area contributed by atoms with E-state index in [0.29, 0.717) is 6.04 Å². The van der Waals surface area contributed by atoms with Gasteiger partial charge in [-0.1, -0.05) is 23.7 Å². The molecule has 0 spiro atoms. The molecule has 24 heavy (non-hydrogen) atoms. The highest BCUT2D eigenvalue weighted by atomic mass is 35.5. The zero-order valence-electron chi connectivity index (χ0n) is 14.2. The van der Waals surface area contributed by atoms with Gasteiger partial charge in [0, 0.05) is 49.0 Å². The van der Waals surface area contributed by atoms with Gasteiger partial charge in [-0.3, -0.25) is 9.88 Å². The van der Waals surface area contributed by atoms with Crippen molar-refractivity contribution in [2.45, 2.75) is 32.4 Å². The molecule has 1 aliphatic rings. The Morgan fingerprint density at radius 3 is 2.79 bits per heavy atom.